The summed E-state index contributed by atoms with van der Waals surface area (Å²) in [6.07, 6.45) is 0. The van der Waals surface area contributed by atoms with Gasteiger partial charge in [-0.05, 0) is 13.8 Å². The molecule has 0 saturated carbocycles. The quantitative estimate of drug-likeness (QED) is 0.328. The van der Waals surface area contributed by atoms with Crippen molar-refractivity contribution in [2.45, 2.75) is 13.8 Å². The maximum Gasteiger partial charge on any atom is 0.198 e. The number of hydrogen-bond acceptors (Lipinski definition) is 2. The molecule has 0 bridgehead atoms. The van der Waals surface area contributed by atoms with E-state index in [0.717, 1.165) is 35.2 Å². The Morgan fingerprint density at radius 3 is 1.72 bits per heavy atom. The number of halogens is 1. The van der Waals surface area contributed by atoms with Crippen molar-refractivity contribution in [3.63, 3.8) is 0 Å². The molecular formula is C23H30IN2O2P. The van der Waals surface area contributed by atoms with Gasteiger partial charge in [-0.3, -0.25) is 9.65 Å². The summed E-state index contributed by atoms with van der Waals surface area (Å²) in [5.41, 5.74) is 1.85. The van der Waals surface area contributed by atoms with E-state index >= 15 is 0 Å². The number of quaternary nitrogens is 1. The smallest absolute Gasteiger partial charge is 0.198 e. The van der Waals surface area contributed by atoms with Crippen molar-refractivity contribution in [2.24, 2.45) is 0 Å². The van der Waals surface area contributed by atoms with Crippen LogP contribution in [0.5, 0.6) is 0 Å². The van der Waals surface area contributed by atoms with Crippen LogP contribution in [-0.4, -0.2) is 37.7 Å². The van der Waals surface area contributed by atoms with Crippen molar-refractivity contribution in [1.82, 2.24) is 5.09 Å². The summed E-state index contributed by atoms with van der Waals surface area (Å²) in [6.45, 7) is 8.12. The zero-order valence-electron chi connectivity index (χ0n) is 17.3. The predicted octanol–water partition coefficient (Wildman–Crippen LogP) is 2.37. The fraction of sp³-hybridized carbons (Fsp3) is 0.304. The van der Waals surface area contributed by atoms with Gasteiger partial charge >= 0.3 is 0 Å². The molecule has 0 unspecified atom stereocenters. The summed E-state index contributed by atoms with van der Waals surface area (Å²) in [5.74, 6) is 4.80. The first kappa shape index (κ1) is 23.9. The number of ether oxygens (including phenoxy) is 1. The molecule has 1 N–H and O–H groups in total. The molecule has 2 aromatic rings. The van der Waals surface area contributed by atoms with Crippen LogP contribution in [0.1, 0.15) is 25.0 Å². The van der Waals surface area contributed by atoms with Crippen molar-refractivity contribution in [1.29, 1.82) is 0 Å². The Morgan fingerprint density at radius 2 is 1.31 bits per heavy atom. The number of hydrogen-bond donors (Lipinski definition) is 1. The van der Waals surface area contributed by atoms with Crippen LogP contribution in [0.3, 0.4) is 0 Å². The molecule has 0 atom stereocenters. The Kier molecular flexibility index (Phi) is 8.71. The Labute approximate surface area is 191 Å². The average molecular weight is 524 g/mol. The first-order valence-corrected chi connectivity index (χ1v) is 11.7. The number of nitrogens with one attached hydrogen (secondary N) is 1. The Balaban J connectivity index is 0.00000300. The van der Waals surface area contributed by atoms with E-state index in [4.69, 9.17) is 4.74 Å². The largest absolute Gasteiger partial charge is 1.00 e. The van der Waals surface area contributed by atoms with Crippen LogP contribution < -0.4 is 29.1 Å². The lowest BCUT2D eigenvalue weighted by molar-refractivity contribution is -0.904. The molecule has 0 radical (unpaired) electrons. The minimum atomic E-state index is -2.87. The van der Waals surface area contributed by atoms with Crippen molar-refractivity contribution in [3.05, 3.63) is 83.4 Å². The van der Waals surface area contributed by atoms with E-state index in [-0.39, 0.29) is 24.0 Å². The predicted molar refractivity (Wildman–Crippen MR) is 118 cm³/mol. The van der Waals surface area contributed by atoms with E-state index in [0.29, 0.717) is 18.1 Å². The molecule has 0 aliphatic carbocycles. The third-order valence-corrected chi connectivity index (χ3v) is 7.45. The lowest BCUT2D eigenvalue weighted by Gasteiger charge is -2.32. The van der Waals surface area contributed by atoms with E-state index in [9.17, 15) is 4.57 Å². The van der Waals surface area contributed by atoms with Crippen LogP contribution in [0.15, 0.2) is 72.3 Å². The van der Waals surface area contributed by atoms with Crippen molar-refractivity contribution < 1.29 is 37.8 Å². The van der Waals surface area contributed by atoms with Gasteiger partial charge in [0, 0.05) is 22.8 Å². The van der Waals surface area contributed by atoms with Crippen LogP contribution in [-0.2, 0) is 9.30 Å². The molecule has 2 aromatic carbocycles. The molecule has 3 rings (SSSR count). The number of likely N-dealkylation sites (N-methyl/N-ethyl adjacent to an activating group) is 1. The van der Waals surface area contributed by atoms with Gasteiger partial charge in [-0.1, -0.05) is 60.7 Å². The Hall–Kier alpha value is -1.40. The SMILES string of the molecule is CC[N+](C)(CC)CCNP1(=O)C=C(c2ccccc2)OC(c2ccccc2)=C1.[I-]. The highest BCUT2D eigenvalue weighted by Gasteiger charge is 2.27. The molecule has 1 aliphatic heterocycles. The van der Waals surface area contributed by atoms with Crippen LogP contribution in [0.25, 0.3) is 11.5 Å². The van der Waals surface area contributed by atoms with Gasteiger partial charge in [0.2, 0.25) is 0 Å². The van der Waals surface area contributed by atoms with Gasteiger partial charge in [0.1, 0.15) is 11.5 Å². The molecule has 0 fully saturated rings. The summed E-state index contributed by atoms with van der Waals surface area (Å²) in [5, 5.41) is 3.33. The number of rotatable bonds is 8. The molecule has 6 heteroatoms. The van der Waals surface area contributed by atoms with Gasteiger partial charge in [0.15, 0.2) is 7.29 Å². The van der Waals surface area contributed by atoms with Gasteiger partial charge < -0.3 is 33.2 Å². The average Bonchev–Trinajstić information content (AvgIpc) is 2.74. The molecule has 4 nitrogen and oxygen atoms in total. The monoisotopic (exact) mass is 524 g/mol. The Morgan fingerprint density at radius 1 is 0.862 bits per heavy atom. The van der Waals surface area contributed by atoms with Crippen molar-refractivity contribution in [2.75, 3.05) is 33.2 Å². The maximum absolute atomic E-state index is 13.7. The van der Waals surface area contributed by atoms with Crippen molar-refractivity contribution in [3.8, 4) is 0 Å². The molecule has 0 aromatic heterocycles. The minimum absolute atomic E-state index is 0. The summed E-state index contributed by atoms with van der Waals surface area (Å²) in [7, 11) is -0.639. The first-order chi connectivity index (χ1) is 13.5. The number of benzene rings is 2. The second-order valence-electron chi connectivity index (χ2n) is 7.41. The van der Waals surface area contributed by atoms with Gasteiger partial charge in [-0.15, -0.1) is 0 Å². The highest BCUT2D eigenvalue weighted by molar-refractivity contribution is 7.68. The van der Waals surface area contributed by atoms with Gasteiger partial charge in [0.25, 0.3) is 0 Å². The highest BCUT2D eigenvalue weighted by Crippen LogP contribution is 2.53. The fourth-order valence-corrected chi connectivity index (χ4v) is 4.96. The van der Waals surface area contributed by atoms with Crippen LogP contribution in [0.4, 0.5) is 0 Å². The molecule has 29 heavy (non-hydrogen) atoms. The minimum Gasteiger partial charge on any atom is -1.00 e. The van der Waals surface area contributed by atoms with Gasteiger partial charge in [-0.25, -0.2) is 0 Å². The molecule has 0 spiro atoms. The van der Waals surface area contributed by atoms with Crippen molar-refractivity contribution >= 4 is 18.8 Å². The summed E-state index contributed by atoms with van der Waals surface area (Å²) in [6, 6.07) is 19.7. The Bertz CT molecular complexity index is 834. The second kappa shape index (κ2) is 10.6. The summed E-state index contributed by atoms with van der Waals surface area (Å²) < 4.78 is 20.8. The first-order valence-electron chi connectivity index (χ1n) is 9.89. The molecule has 0 saturated heterocycles. The lowest BCUT2D eigenvalue weighted by atomic mass is 10.2. The zero-order chi connectivity index (χ0) is 20.0. The fourth-order valence-electron chi connectivity index (χ4n) is 3.15. The van der Waals surface area contributed by atoms with E-state index < -0.39 is 7.29 Å². The molecule has 1 aliphatic rings. The summed E-state index contributed by atoms with van der Waals surface area (Å²) in [4.78, 5) is 0. The van der Waals surface area contributed by atoms with Crippen LogP contribution in [0, 0.1) is 0 Å². The number of nitrogens with zero attached hydrogens (tertiary/aromatic N) is 1. The van der Waals surface area contributed by atoms with E-state index in [1.165, 1.54) is 0 Å². The van der Waals surface area contributed by atoms with Crippen LogP contribution in [0.2, 0.25) is 0 Å². The van der Waals surface area contributed by atoms with E-state index in [2.05, 4.69) is 26.0 Å². The standard InChI is InChI=1S/C23H30N2O2P.HI/c1-4-25(3,5-2)17-16-24-28(26)18-22(20-12-8-6-9-13-20)27-23(19-28)21-14-10-7-11-15-21;/h6-15,18-19H,4-5,16-17H2,1-3H3,(H,24,26);1H/q+1;/p-1. The third kappa shape index (κ3) is 6.29. The highest BCUT2D eigenvalue weighted by atomic mass is 127. The van der Waals surface area contributed by atoms with E-state index in [1.54, 1.807) is 11.6 Å². The normalized spacial score (nSPS) is 15.6. The molecule has 156 valence electrons. The molecule has 0 amide bonds. The second-order valence-corrected chi connectivity index (χ2v) is 9.67. The molecular weight excluding hydrogens is 494 g/mol. The third-order valence-electron chi connectivity index (χ3n) is 5.49. The molecule has 1 heterocycles. The summed E-state index contributed by atoms with van der Waals surface area (Å²) >= 11 is 0. The topological polar surface area (TPSA) is 38.3 Å². The maximum atomic E-state index is 13.7. The van der Waals surface area contributed by atoms with E-state index in [1.807, 2.05) is 60.7 Å². The lowest BCUT2D eigenvalue weighted by Crippen LogP contribution is -3.00. The zero-order valence-corrected chi connectivity index (χ0v) is 20.4. The van der Waals surface area contributed by atoms with Crippen LogP contribution >= 0.6 is 7.29 Å². The van der Waals surface area contributed by atoms with Gasteiger partial charge in [-0.2, -0.15) is 0 Å². The van der Waals surface area contributed by atoms with Gasteiger partial charge in [0.05, 0.1) is 33.2 Å².